The molecule has 1 aliphatic rings. The highest BCUT2D eigenvalue weighted by Gasteiger charge is 2.27. The van der Waals surface area contributed by atoms with Crippen LogP contribution in [-0.2, 0) is 17.8 Å². The summed E-state index contributed by atoms with van der Waals surface area (Å²) < 4.78 is 2.14. The summed E-state index contributed by atoms with van der Waals surface area (Å²) in [4.78, 5) is 18.4. The molecule has 0 aliphatic carbocycles. The molecule has 1 aliphatic heterocycles. The van der Waals surface area contributed by atoms with Gasteiger partial charge in [-0.1, -0.05) is 0 Å². The lowest BCUT2D eigenvalue weighted by Gasteiger charge is -2.28. The molecule has 0 bridgehead atoms. The number of rotatable bonds is 3. The highest BCUT2D eigenvalue weighted by Crippen LogP contribution is 2.21. The largest absolute Gasteiger partial charge is 0.343 e. The van der Waals surface area contributed by atoms with E-state index in [1.165, 1.54) is 0 Å². The Morgan fingerprint density at radius 3 is 3.00 bits per heavy atom. The smallest absolute Gasteiger partial charge is 0.226 e. The van der Waals surface area contributed by atoms with Crippen LogP contribution in [0.1, 0.15) is 26.1 Å². The van der Waals surface area contributed by atoms with Gasteiger partial charge in [-0.3, -0.25) is 4.79 Å². The highest BCUT2D eigenvalue weighted by atomic mass is 16.2. The van der Waals surface area contributed by atoms with Crippen LogP contribution in [0.5, 0.6) is 0 Å². The molecule has 4 heteroatoms. The lowest BCUT2D eigenvalue weighted by molar-refractivity contribution is -0.135. The predicted octanol–water partition coefficient (Wildman–Crippen LogP) is 1.31. The van der Waals surface area contributed by atoms with Crippen molar-refractivity contribution in [2.24, 2.45) is 5.92 Å². The van der Waals surface area contributed by atoms with Gasteiger partial charge in [0.25, 0.3) is 0 Å². The molecule has 0 saturated heterocycles. The first-order valence-corrected chi connectivity index (χ1v) is 6.05. The van der Waals surface area contributed by atoms with Gasteiger partial charge in [-0.15, -0.1) is 0 Å². The number of fused-ring (bicyclic) bond motifs is 1. The average molecular weight is 221 g/mol. The monoisotopic (exact) mass is 221 g/mol. The summed E-state index contributed by atoms with van der Waals surface area (Å²) in [5.74, 6) is 1.48. The zero-order valence-corrected chi connectivity index (χ0v) is 10.0. The van der Waals surface area contributed by atoms with E-state index in [1.807, 2.05) is 31.1 Å². The zero-order chi connectivity index (χ0) is 11.5. The fourth-order valence-corrected chi connectivity index (χ4v) is 2.36. The Morgan fingerprint density at radius 1 is 1.56 bits per heavy atom. The van der Waals surface area contributed by atoms with Gasteiger partial charge < -0.3 is 9.47 Å². The average Bonchev–Trinajstić information content (AvgIpc) is 2.77. The molecule has 0 spiro atoms. The Hall–Kier alpha value is -1.32. The fraction of sp³-hybridized carbons (Fsp3) is 0.667. The van der Waals surface area contributed by atoms with Gasteiger partial charge in [0.15, 0.2) is 0 Å². The number of nitrogens with zero attached hydrogens (tertiary/aromatic N) is 3. The van der Waals surface area contributed by atoms with Crippen LogP contribution in [0.25, 0.3) is 0 Å². The quantitative estimate of drug-likeness (QED) is 0.772. The minimum absolute atomic E-state index is 0.134. The third-order valence-corrected chi connectivity index (χ3v) is 3.37. The minimum Gasteiger partial charge on any atom is -0.343 e. The van der Waals surface area contributed by atoms with E-state index in [9.17, 15) is 4.79 Å². The van der Waals surface area contributed by atoms with Crippen LogP contribution in [0.2, 0.25) is 0 Å². The summed E-state index contributed by atoms with van der Waals surface area (Å²) in [5.41, 5.74) is 0. The summed E-state index contributed by atoms with van der Waals surface area (Å²) in [6.07, 6.45) is 5.55. The number of amides is 1. The van der Waals surface area contributed by atoms with E-state index in [4.69, 9.17) is 0 Å². The third-order valence-electron chi connectivity index (χ3n) is 3.37. The van der Waals surface area contributed by atoms with Gasteiger partial charge in [0.2, 0.25) is 5.91 Å². The molecule has 2 rings (SSSR count). The summed E-state index contributed by atoms with van der Waals surface area (Å²) in [7, 11) is 0. The lowest BCUT2D eigenvalue weighted by atomic mass is 9.96. The van der Waals surface area contributed by atoms with Gasteiger partial charge in [0.1, 0.15) is 5.82 Å². The van der Waals surface area contributed by atoms with Crippen molar-refractivity contribution in [3.8, 4) is 0 Å². The van der Waals surface area contributed by atoms with Gasteiger partial charge in [-0.25, -0.2) is 4.98 Å². The molecule has 0 aromatic carbocycles. The Labute approximate surface area is 96.3 Å². The van der Waals surface area contributed by atoms with Gasteiger partial charge >= 0.3 is 0 Å². The number of aromatic nitrogens is 2. The van der Waals surface area contributed by atoms with Crippen LogP contribution < -0.4 is 0 Å². The van der Waals surface area contributed by atoms with Crippen molar-refractivity contribution in [1.29, 1.82) is 0 Å². The number of imidazole rings is 1. The Kier molecular flexibility index (Phi) is 3.27. The normalized spacial score (nSPS) is 19.2. The topological polar surface area (TPSA) is 38.1 Å². The Balaban J connectivity index is 2.05. The first-order chi connectivity index (χ1) is 7.76. The second-order valence-electron chi connectivity index (χ2n) is 4.24. The van der Waals surface area contributed by atoms with E-state index >= 15 is 0 Å². The minimum atomic E-state index is 0.134. The molecule has 0 N–H and O–H groups in total. The van der Waals surface area contributed by atoms with Gasteiger partial charge in [0.05, 0.1) is 0 Å². The summed E-state index contributed by atoms with van der Waals surface area (Å²) >= 11 is 0. The van der Waals surface area contributed by atoms with Crippen molar-refractivity contribution >= 4 is 5.91 Å². The SMILES string of the molecule is CCN(CC)C(=O)C1CCn2ccnc2C1. The second kappa shape index (κ2) is 4.68. The molecule has 1 aromatic rings. The summed E-state index contributed by atoms with van der Waals surface area (Å²) in [6.45, 7) is 6.60. The third kappa shape index (κ3) is 1.96. The molecular formula is C12H19N3O. The molecule has 0 fully saturated rings. The maximum Gasteiger partial charge on any atom is 0.226 e. The molecule has 1 atom stereocenters. The maximum atomic E-state index is 12.2. The van der Waals surface area contributed by atoms with E-state index < -0.39 is 0 Å². The van der Waals surface area contributed by atoms with Crippen LogP contribution in [-0.4, -0.2) is 33.4 Å². The van der Waals surface area contributed by atoms with Crippen LogP contribution in [0.4, 0.5) is 0 Å². The van der Waals surface area contributed by atoms with Crippen molar-refractivity contribution in [2.45, 2.75) is 33.2 Å². The number of carbonyl (C=O) groups is 1. The van der Waals surface area contributed by atoms with Crippen molar-refractivity contribution in [1.82, 2.24) is 14.5 Å². The number of aryl methyl sites for hydroxylation is 1. The molecule has 16 heavy (non-hydrogen) atoms. The Bertz CT molecular complexity index is 368. The molecule has 0 saturated carbocycles. The Morgan fingerprint density at radius 2 is 2.31 bits per heavy atom. The summed E-state index contributed by atoms with van der Waals surface area (Å²) in [5, 5.41) is 0. The fourth-order valence-electron chi connectivity index (χ4n) is 2.36. The summed E-state index contributed by atoms with van der Waals surface area (Å²) in [6, 6.07) is 0. The predicted molar refractivity (Wildman–Crippen MR) is 62.0 cm³/mol. The van der Waals surface area contributed by atoms with E-state index in [0.717, 1.165) is 38.3 Å². The van der Waals surface area contributed by atoms with Crippen LogP contribution >= 0.6 is 0 Å². The molecule has 88 valence electrons. The molecule has 1 unspecified atom stereocenters. The first kappa shape index (κ1) is 11.2. The van der Waals surface area contributed by atoms with E-state index in [1.54, 1.807) is 0 Å². The molecule has 4 nitrogen and oxygen atoms in total. The molecule has 1 amide bonds. The molecule has 2 heterocycles. The van der Waals surface area contributed by atoms with Gasteiger partial charge in [-0.2, -0.15) is 0 Å². The molecular weight excluding hydrogens is 202 g/mol. The second-order valence-corrected chi connectivity index (χ2v) is 4.24. The van der Waals surface area contributed by atoms with Crippen molar-refractivity contribution < 1.29 is 4.79 Å². The zero-order valence-electron chi connectivity index (χ0n) is 10.0. The number of hydrogen-bond acceptors (Lipinski definition) is 2. The molecule has 1 aromatic heterocycles. The number of carbonyl (C=O) groups excluding carboxylic acids is 1. The van der Waals surface area contributed by atoms with Crippen LogP contribution in [0.15, 0.2) is 12.4 Å². The number of hydrogen-bond donors (Lipinski definition) is 0. The van der Waals surface area contributed by atoms with Crippen molar-refractivity contribution in [2.75, 3.05) is 13.1 Å². The van der Waals surface area contributed by atoms with Crippen LogP contribution in [0.3, 0.4) is 0 Å². The van der Waals surface area contributed by atoms with Gasteiger partial charge in [-0.05, 0) is 20.3 Å². The maximum absolute atomic E-state index is 12.2. The van der Waals surface area contributed by atoms with Crippen molar-refractivity contribution in [3.05, 3.63) is 18.2 Å². The standard InChI is InChI=1S/C12H19N3O/c1-3-14(4-2)12(16)10-5-7-15-8-6-13-11(15)9-10/h6,8,10H,3-5,7,9H2,1-2H3. The van der Waals surface area contributed by atoms with Crippen molar-refractivity contribution in [3.63, 3.8) is 0 Å². The van der Waals surface area contributed by atoms with Gasteiger partial charge in [0, 0.05) is 44.4 Å². The van der Waals surface area contributed by atoms with E-state index in [2.05, 4.69) is 9.55 Å². The van der Waals surface area contributed by atoms with E-state index in [0.29, 0.717) is 5.91 Å². The van der Waals surface area contributed by atoms with E-state index in [-0.39, 0.29) is 5.92 Å². The lowest BCUT2D eigenvalue weighted by Crippen LogP contribution is -2.39. The first-order valence-electron chi connectivity index (χ1n) is 6.05. The molecule has 0 radical (unpaired) electrons. The highest BCUT2D eigenvalue weighted by molar-refractivity contribution is 5.79. The van der Waals surface area contributed by atoms with Crippen LogP contribution in [0, 0.1) is 5.92 Å².